The number of anilines is 1. The molecule has 0 bridgehead atoms. The van der Waals surface area contributed by atoms with Crippen LogP contribution < -0.4 is 5.23 Å². The van der Waals surface area contributed by atoms with E-state index in [0.29, 0.717) is 5.57 Å². The summed E-state index contributed by atoms with van der Waals surface area (Å²) in [5.41, 5.74) is 2.30. The molecule has 0 atom stereocenters. The fourth-order valence-electron chi connectivity index (χ4n) is 1.66. The second-order valence-corrected chi connectivity index (χ2v) is 3.90. The van der Waals surface area contributed by atoms with Crippen molar-refractivity contribution in [3.8, 4) is 6.07 Å². The Morgan fingerprint density at radius 1 is 1.11 bits per heavy atom. The van der Waals surface area contributed by atoms with Crippen molar-refractivity contribution in [1.82, 2.24) is 0 Å². The van der Waals surface area contributed by atoms with Crippen LogP contribution in [0.3, 0.4) is 0 Å². The van der Waals surface area contributed by atoms with Crippen molar-refractivity contribution in [1.29, 1.82) is 5.26 Å². The predicted molar refractivity (Wildman–Crippen MR) is 74.0 cm³/mol. The topological polar surface area (TPSA) is 70.3 Å². The van der Waals surface area contributed by atoms with E-state index in [0.717, 1.165) is 11.1 Å². The first kappa shape index (κ1) is 12.8. The van der Waals surface area contributed by atoms with Crippen LogP contribution >= 0.6 is 0 Å². The van der Waals surface area contributed by atoms with Crippen LogP contribution in [0.4, 0.5) is 5.69 Å². The SMILES string of the molecule is N#C/C(=C/c1ccc(N([O-])O)cc1)c1ccccc1. The summed E-state index contributed by atoms with van der Waals surface area (Å²) in [6, 6.07) is 17.8. The third-order valence-corrected chi connectivity index (χ3v) is 2.63. The van der Waals surface area contributed by atoms with Gasteiger partial charge in [-0.1, -0.05) is 42.5 Å². The molecule has 1 N–H and O–H groups in total. The maximum Gasteiger partial charge on any atom is 0.0998 e. The van der Waals surface area contributed by atoms with E-state index in [1.165, 1.54) is 12.1 Å². The Hall–Kier alpha value is -2.61. The molecule has 2 aromatic rings. The van der Waals surface area contributed by atoms with Crippen molar-refractivity contribution in [3.05, 3.63) is 70.9 Å². The molecule has 0 saturated carbocycles. The van der Waals surface area contributed by atoms with E-state index in [4.69, 9.17) is 10.5 Å². The molecule has 0 unspecified atom stereocenters. The van der Waals surface area contributed by atoms with Crippen LogP contribution in [0.5, 0.6) is 0 Å². The Balaban J connectivity index is 2.31. The number of rotatable bonds is 3. The molecule has 94 valence electrons. The van der Waals surface area contributed by atoms with Gasteiger partial charge in [-0.2, -0.15) is 5.26 Å². The molecular weight excluding hydrogens is 240 g/mol. The normalized spacial score (nSPS) is 10.9. The van der Waals surface area contributed by atoms with Crippen LogP contribution in [-0.4, -0.2) is 5.21 Å². The zero-order valence-electron chi connectivity index (χ0n) is 10.0. The number of nitrogens with zero attached hydrogens (tertiary/aromatic N) is 2. The van der Waals surface area contributed by atoms with Crippen molar-refractivity contribution in [2.24, 2.45) is 0 Å². The van der Waals surface area contributed by atoms with Gasteiger partial charge in [-0.3, -0.25) is 5.21 Å². The standard InChI is InChI=1S/C15H11N2O2/c16-11-14(13-4-2-1-3-5-13)10-12-6-8-15(9-7-12)17(18)19/h1-10,18H/q-1/b14-10-. The van der Waals surface area contributed by atoms with E-state index in [9.17, 15) is 5.21 Å². The number of nitriles is 1. The lowest BCUT2D eigenvalue weighted by Gasteiger charge is -2.21. The number of benzene rings is 2. The first-order chi connectivity index (χ1) is 9.20. The van der Waals surface area contributed by atoms with E-state index < -0.39 is 0 Å². The minimum atomic E-state index is -0.199. The molecule has 0 saturated heterocycles. The lowest BCUT2D eigenvalue weighted by molar-refractivity contribution is 0.296. The van der Waals surface area contributed by atoms with Gasteiger partial charge in [0.05, 0.1) is 17.3 Å². The van der Waals surface area contributed by atoms with Crippen LogP contribution in [0, 0.1) is 16.5 Å². The zero-order valence-corrected chi connectivity index (χ0v) is 10.0. The number of allylic oxidation sites excluding steroid dienone is 1. The van der Waals surface area contributed by atoms with Crippen LogP contribution in [0.25, 0.3) is 11.6 Å². The monoisotopic (exact) mass is 251 g/mol. The smallest absolute Gasteiger partial charge is 0.0998 e. The fraction of sp³-hybridized carbons (Fsp3) is 0. The van der Waals surface area contributed by atoms with E-state index >= 15 is 0 Å². The Bertz CT molecular complexity index is 611. The second kappa shape index (κ2) is 5.83. The first-order valence-corrected chi connectivity index (χ1v) is 5.64. The highest BCUT2D eigenvalue weighted by atomic mass is 16.8. The van der Waals surface area contributed by atoms with Crippen molar-refractivity contribution < 1.29 is 5.21 Å². The Labute approximate surface area is 111 Å². The van der Waals surface area contributed by atoms with E-state index in [2.05, 4.69) is 6.07 Å². The molecule has 4 nitrogen and oxygen atoms in total. The highest BCUT2D eigenvalue weighted by Gasteiger charge is 2.00. The number of hydrogen-bond donors (Lipinski definition) is 1. The minimum absolute atomic E-state index is 0.148. The average molecular weight is 251 g/mol. The molecule has 0 aliphatic heterocycles. The molecule has 2 aromatic carbocycles. The zero-order chi connectivity index (χ0) is 13.7. The van der Waals surface area contributed by atoms with Gasteiger partial charge in [0.25, 0.3) is 0 Å². The largest absolute Gasteiger partial charge is 0.733 e. The first-order valence-electron chi connectivity index (χ1n) is 5.64. The fourth-order valence-corrected chi connectivity index (χ4v) is 1.66. The highest BCUT2D eigenvalue weighted by Crippen LogP contribution is 2.19. The summed E-state index contributed by atoms with van der Waals surface area (Å²) in [4.78, 5) is 0. The van der Waals surface area contributed by atoms with Crippen molar-refractivity contribution in [2.45, 2.75) is 0 Å². The highest BCUT2D eigenvalue weighted by molar-refractivity contribution is 5.89. The summed E-state index contributed by atoms with van der Waals surface area (Å²) >= 11 is 0. The minimum Gasteiger partial charge on any atom is -0.733 e. The number of hydrogen-bond acceptors (Lipinski definition) is 4. The summed E-state index contributed by atoms with van der Waals surface area (Å²) in [5.74, 6) is 0. The van der Waals surface area contributed by atoms with E-state index in [-0.39, 0.29) is 10.9 Å². The molecule has 19 heavy (non-hydrogen) atoms. The van der Waals surface area contributed by atoms with Gasteiger partial charge in [0, 0.05) is 0 Å². The maximum absolute atomic E-state index is 10.7. The van der Waals surface area contributed by atoms with Gasteiger partial charge in [0.2, 0.25) is 0 Å². The molecule has 0 aromatic heterocycles. The summed E-state index contributed by atoms with van der Waals surface area (Å²) < 4.78 is 0. The van der Waals surface area contributed by atoms with Crippen LogP contribution in [-0.2, 0) is 0 Å². The lowest BCUT2D eigenvalue weighted by Crippen LogP contribution is -2.06. The third-order valence-electron chi connectivity index (χ3n) is 2.63. The predicted octanol–water partition coefficient (Wildman–Crippen LogP) is 3.44. The van der Waals surface area contributed by atoms with Gasteiger partial charge >= 0.3 is 0 Å². The lowest BCUT2D eigenvalue weighted by atomic mass is 10.0. The van der Waals surface area contributed by atoms with Crippen molar-refractivity contribution in [2.75, 3.05) is 5.23 Å². The van der Waals surface area contributed by atoms with Gasteiger partial charge in [-0.25, -0.2) is 0 Å². The van der Waals surface area contributed by atoms with Gasteiger partial charge in [-0.15, -0.1) is 0 Å². The van der Waals surface area contributed by atoms with Crippen LogP contribution in [0.15, 0.2) is 54.6 Å². The molecule has 0 radical (unpaired) electrons. The maximum atomic E-state index is 10.7. The van der Waals surface area contributed by atoms with Crippen LogP contribution in [0.1, 0.15) is 11.1 Å². The Morgan fingerprint density at radius 3 is 2.26 bits per heavy atom. The van der Waals surface area contributed by atoms with E-state index in [1.807, 2.05) is 30.3 Å². The molecule has 4 heteroatoms. The molecule has 0 heterocycles. The van der Waals surface area contributed by atoms with Gasteiger partial charge in [0.15, 0.2) is 0 Å². The Kier molecular flexibility index (Phi) is 3.94. The molecule has 2 rings (SSSR count). The van der Waals surface area contributed by atoms with Gasteiger partial charge < -0.3 is 10.4 Å². The Morgan fingerprint density at radius 2 is 1.74 bits per heavy atom. The molecule has 0 amide bonds. The molecule has 0 spiro atoms. The second-order valence-electron chi connectivity index (χ2n) is 3.90. The van der Waals surface area contributed by atoms with Crippen LogP contribution in [0.2, 0.25) is 0 Å². The summed E-state index contributed by atoms with van der Waals surface area (Å²) in [6.45, 7) is 0. The van der Waals surface area contributed by atoms with Crippen molar-refractivity contribution >= 4 is 17.3 Å². The summed E-state index contributed by atoms with van der Waals surface area (Å²) in [6.07, 6.45) is 1.73. The molecule has 0 fully saturated rings. The molecule has 0 aliphatic rings. The molecule has 0 aliphatic carbocycles. The quantitative estimate of drug-likeness (QED) is 0.515. The van der Waals surface area contributed by atoms with Gasteiger partial charge in [0.1, 0.15) is 0 Å². The van der Waals surface area contributed by atoms with Crippen molar-refractivity contribution in [3.63, 3.8) is 0 Å². The summed E-state index contributed by atoms with van der Waals surface area (Å²) in [7, 11) is 0. The molecular formula is C15H11N2O2-. The summed E-state index contributed by atoms with van der Waals surface area (Å²) in [5, 5.41) is 28.4. The third kappa shape index (κ3) is 3.19. The van der Waals surface area contributed by atoms with Gasteiger partial charge in [-0.05, 0) is 29.3 Å². The average Bonchev–Trinajstić information content (AvgIpc) is 2.46. The van der Waals surface area contributed by atoms with E-state index in [1.54, 1.807) is 18.2 Å².